The molecular weight excluding hydrogens is 430 g/mol. The van der Waals surface area contributed by atoms with Gasteiger partial charge in [-0.05, 0) is 78.1 Å². The maximum Gasteiger partial charge on any atom is 0.0373 e. The van der Waals surface area contributed by atoms with Crippen molar-refractivity contribution in [2.45, 2.75) is 104 Å². The fourth-order valence-electron chi connectivity index (χ4n) is 6.43. The lowest BCUT2D eigenvalue weighted by Gasteiger charge is -2.35. The maximum absolute atomic E-state index is 2.51. The fraction of sp³-hybridized carbons (Fsp3) is 0.714. The van der Waals surface area contributed by atoms with E-state index in [1.807, 2.05) is 9.92 Å². The molecule has 2 saturated heterocycles. The number of rotatable bonds is 6. The Morgan fingerprint density at radius 3 is 1.52 bits per heavy atom. The highest BCUT2D eigenvalue weighted by Crippen LogP contribution is 2.65. The van der Waals surface area contributed by atoms with Crippen LogP contribution >= 0.6 is 27.2 Å². The van der Waals surface area contributed by atoms with E-state index < -0.39 is 0 Å². The minimum atomic E-state index is -0.0957. The van der Waals surface area contributed by atoms with Gasteiger partial charge < -0.3 is 0 Å². The molecule has 0 saturated carbocycles. The molecule has 2 fully saturated rings. The Kier molecular flexibility index (Phi) is 7.58. The molecule has 2 aromatic rings. The van der Waals surface area contributed by atoms with E-state index >= 15 is 0 Å². The van der Waals surface area contributed by atoms with Crippen LogP contribution in [0.15, 0.2) is 24.3 Å². The third kappa shape index (κ3) is 4.43. The van der Waals surface area contributed by atoms with Crippen molar-refractivity contribution in [3.8, 4) is 0 Å². The molecule has 0 radical (unpaired) electrons. The zero-order valence-corrected chi connectivity index (χ0v) is 23.7. The monoisotopic (exact) mass is 474 g/mol. The van der Waals surface area contributed by atoms with Crippen molar-refractivity contribution in [2.24, 2.45) is 23.7 Å². The van der Waals surface area contributed by atoms with E-state index in [2.05, 4.69) is 91.0 Å². The Morgan fingerprint density at radius 1 is 0.645 bits per heavy atom. The van der Waals surface area contributed by atoms with E-state index in [0.29, 0.717) is 0 Å². The quantitative estimate of drug-likeness (QED) is 0.367. The van der Waals surface area contributed by atoms with Gasteiger partial charge in [0.2, 0.25) is 0 Å². The van der Waals surface area contributed by atoms with Gasteiger partial charge in [0.25, 0.3) is 0 Å². The van der Waals surface area contributed by atoms with E-state index in [-0.39, 0.29) is 15.8 Å². The Labute approximate surface area is 198 Å². The Balaban J connectivity index is 1.94. The molecule has 2 aliphatic rings. The smallest absolute Gasteiger partial charge is 0.0373 e. The molecule has 0 spiro atoms. The molecule has 4 rings (SSSR count). The molecule has 3 heterocycles. The van der Waals surface area contributed by atoms with Gasteiger partial charge in [0.05, 0.1) is 0 Å². The molecular formula is C28H44P2S. The molecule has 0 N–H and O–H groups in total. The van der Waals surface area contributed by atoms with Crippen molar-refractivity contribution < 1.29 is 0 Å². The van der Waals surface area contributed by atoms with Gasteiger partial charge in [-0.15, -0.1) is 11.3 Å². The van der Waals surface area contributed by atoms with E-state index in [4.69, 9.17) is 0 Å². The third-order valence-corrected chi connectivity index (χ3v) is 18.2. The summed E-state index contributed by atoms with van der Waals surface area (Å²) in [6, 6.07) is 9.49. The lowest BCUT2D eigenvalue weighted by molar-refractivity contribution is 0.543. The summed E-state index contributed by atoms with van der Waals surface area (Å²) in [5, 5.41) is 3.54. The molecule has 0 nitrogen and oxygen atoms in total. The molecule has 1 aromatic heterocycles. The predicted octanol–water partition coefficient (Wildman–Crippen LogP) is 8.80. The number of thiophene rings is 1. The first kappa shape index (κ1) is 24.2. The van der Waals surface area contributed by atoms with Gasteiger partial charge in [-0.1, -0.05) is 89.4 Å². The number of hydrogen-bond acceptors (Lipinski definition) is 1. The fourth-order valence-corrected chi connectivity index (χ4v) is 17.6. The molecule has 3 heteroatoms. The average Bonchev–Trinajstić information content (AvgIpc) is 3.40. The van der Waals surface area contributed by atoms with E-state index in [1.165, 1.54) is 25.7 Å². The predicted molar refractivity (Wildman–Crippen MR) is 148 cm³/mol. The summed E-state index contributed by atoms with van der Waals surface area (Å²) in [6.45, 7) is 20.0. The van der Waals surface area contributed by atoms with Crippen molar-refractivity contribution in [2.75, 3.05) is 0 Å². The summed E-state index contributed by atoms with van der Waals surface area (Å²) < 4.78 is 3.47. The van der Waals surface area contributed by atoms with E-state index in [0.717, 1.165) is 46.3 Å². The third-order valence-electron chi connectivity index (χ3n) is 8.07. The molecule has 31 heavy (non-hydrogen) atoms. The minimum absolute atomic E-state index is 0.0716. The van der Waals surface area contributed by atoms with Crippen LogP contribution in [0.1, 0.15) is 81.1 Å². The van der Waals surface area contributed by atoms with E-state index in [1.54, 1.807) is 10.1 Å². The molecule has 4 atom stereocenters. The molecule has 1 aromatic carbocycles. The van der Waals surface area contributed by atoms with Crippen molar-refractivity contribution in [1.82, 2.24) is 0 Å². The summed E-state index contributed by atoms with van der Waals surface area (Å²) in [6.07, 6.45) is 5.82. The Hall–Kier alpha value is 0.0400. The molecule has 2 aliphatic heterocycles. The van der Waals surface area contributed by atoms with Crippen LogP contribution < -0.4 is 9.92 Å². The van der Waals surface area contributed by atoms with Crippen LogP contribution in [0.5, 0.6) is 0 Å². The van der Waals surface area contributed by atoms with Crippen LogP contribution in [0.3, 0.4) is 0 Å². The zero-order valence-electron chi connectivity index (χ0n) is 21.1. The van der Waals surface area contributed by atoms with Gasteiger partial charge in [-0.25, -0.2) is 0 Å². The second kappa shape index (κ2) is 9.72. The minimum Gasteiger partial charge on any atom is -0.135 e. The van der Waals surface area contributed by atoms with Crippen LogP contribution in [-0.2, 0) is 0 Å². The van der Waals surface area contributed by atoms with Crippen molar-refractivity contribution >= 4 is 47.2 Å². The molecule has 0 unspecified atom stereocenters. The van der Waals surface area contributed by atoms with Gasteiger partial charge >= 0.3 is 0 Å². The molecule has 0 aliphatic carbocycles. The SMILES string of the molecule is CC(C)[C@@H]1CC[C@@H](C(C)C)P1c1sc2ccccc2c1P1[C@H](C(C)C)CC[C@H]1C(C)C. The van der Waals surface area contributed by atoms with Gasteiger partial charge in [0, 0.05) is 20.0 Å². The largest absolute Gasteiger partial charge is 0.135 e. The van der Waals surface area contributed by atoms with E-state index in [9.17, 15) is 0 Å². The van der Waals surface area contributed by atoms with Crippen molar-refractivity contribution in [3.05, 3.63) is 24.3 Å². The van der Waals surface area contributed by atoms with Gasteiger partial charge in [0.15, 0.2) is 0 Å². The van der Waals surface area contributed by atoms with Gasteiger partial charge in [0.1, 0.15) is 0 Å². The Bertz CT molecular complexity index is 848. The van der Waals surface area contributed by atoms with Crippen LogP contribution in [-0.4, -0.2) is 22.6 Å². The number of hydrogen-bond donors (Lipinski definition) is 0. The standard InChI is InChI=1S/C28H44P2S/c1-17(2)22-13-14-23(18(3)4)29(22)27-21-11-9-10-12-26(21)31-28(27)30-24(19(5)6)15-16-25(30)20(7)8/h9-12,17-20,22-25H,13-16H2,1-8H3/t22-,23-,24-,25-/m0/s1. The number of benzene rings is 1. The van der Waals surface area contributed by atoms with Crippen LogP contribution in [0.2, 0.25) is 0 Å². The first-order valence-electron chi connectivity index (χ1n) is 12.8. The highest BCUT2D eigenvalue weighted by Gasteiger charge is 2.46. The molecule has 172 valence electrons. The second-order valence-electron chi connectivity index (χ2n) is 11.5. The van der Waals surface area contributed by atoms with Gasteiger partial charge in [-0.2, -0.15) is 0 Å². The Morgan fingerprint density at radius 2 is 1.06 bits per heavy atom. The van der Waals surface area contributed by atoms with Crippen LogP contribution in [0.4, 0.5) is 0 Å². The highest BCUT2D eigenvalue weighted by molar-refractivity contribution is 7.79. The first-order chi connectivity index (χ1) is 14.7. The van der Waals surface area contributed by atoms with Crippen LogP contribution in [0, 0.1) is 23.7 Å². The average molecular weight is 475 g/mol. The second-order valence-corrected chi connectivity index (χ2v) is 18.0. The lowest BCUT2D eigenvalue weighted by Crippen LogP contribution is -2.31. The molecule has 0 amide bonds. The summed E-state index contributed by atoms with van der Waals surface area (Å²) >= 11 is 2.22. The maximum atomic E-state index is 2.51. The summed E-state index contributed by atoms with van der Waals surface area (Å²) in [5.74, 6) is 3.23. The zero-order chi connectivity index (χ0) is 22.4. The van der Waals surface area contributed by atoms with Crippen LogP contribution in [0.25, 0.3) is 10.1 Å². The van der Waals surface area contributed by atoms with Crippen molar-refractivity contribution in [1.29, 1.82) is 0 Å². The normalized spacial score (nSPS) is 28.4. The lowest BCUT2D eigenvalue weighted by atomic mass is 10.0. The molecule has 0 bridgehead atoms. The highest BCUT2D eigenvalue weighted by atomic mass is 32.1. The van der Waals surface area contributed by atoms with Gasteiger partial charge in [-0.3, -0.25) is 0 Å². The number of fused-ring (bicyclic) bond motifs is 1. The topological polar surface area (TPSA) is 0 Å². The summed E-state index contributed by atoms with van der Waals surface area (Å²) in [4.78, 5) is 0. The van der Waals surface area contributed by atoms with Crippen molar-refractivity contribution in [3.63, 3.8) is 0 Å². The summed E-state index contributed by atoms with van der Waals surface area (Å²) in [7, 11) is -0.167. The summed E-state index contributed by atoms with van der Waals surface area (Å²) in [5.41, 5.74) is 3.65. The first-order valence-corrected chi connectivity index (χ1v) is 16.6.